The van der Waals surface area contributed by atoms with Crippen LogP contribution in [0.15, 0.2) is 66.7 Å². The van der Waals surface area contributed by atoms with Gasteiger partial charge in [0.25, 0.3) is 11.8 Å². The molecule has 0 bridgehead atoms. The Hall–Kier alpha value is -3.42. The average molecular weight is 543 g/mol. The van der Waals surface area contributed by atoms with Gasteiger partial charge in [-0.25, -0.2) is 9.18 Å². The maximum Gasteiger partial charge on any atom is 0.326 e. The number of rotatable bonds is 7. The maximum absolute atomic E-state index is 14.0. The first-order valence-corrected chi connectivity index (χ1v) is 12.6. The van der Waals surface area contributed by atoms with E-state index < -0.39 is 23.7 Å². The zero-order valence-electron chi connectivity index (χ0n) is 19.8. The molecule has 1 heterocycles. The Morgan fingerprint density at radius 3 is 2.16 bits per heavy atom. The molecule has 2 N–H and O–H groups in total. The van der Waals surface area contributed by atoms with Crippen LogP contribution in [0.1, 0.15) is 50.6 Å². The van der Waals surface area contributed by atoms with Crippen LogP contribution in [0.5, 0.6) is 0 Å². The third-order valence-electron chi connectivity index (χ3n) is 6.57. The molecule has 3 aromatic rings. The lowest BCUT2D eigenvalue weighted by molar-refractivity contribution is -0.139. The van der Waals surface area contributed by atoms with Gasteiger partial charge in [0.1, 0.15) is 11.9 Å². The highest BCUT2D eigenvalue weighted by Crippen LogP contribution is 2.29. The molecule has 0 aromatic heterocycles. The van der Waals surface area contributed by atoms with Gasteiger partial charge in [-0.1, -0.05) is 65.7 Å². The van der Waals surface area contributed by atoms with Crippen LogP contribution in [0, 0.1) is 5.82 Å². The van der Waals surface area contributed by atoms with Crippen molar-refractivity contribution in [3.05, 3.63) is 105 Å². The summed E-state index contributed by atoms with van der Waals surface area (Å²) in [6.07, 6.45) is 1.57. The van der Waals surface area contributed by atoms with E-state index in [-0.39, 0.29) is 39.4 Å². The number of carbonyl (C=O) groups is 3. The Morgan fingerprint density at radius 2 is 1.57 bits per heavy atom. The van der Waals surface area contributed by atoms with E-state index in [1.54, 1.807) is 23.1 Å². The van der Waals surface area contributed by atoms with Crippen molar-refractivity contribution >= 4 is 41.0 Å². The van der Waals surface area contributed by atoms with Gasteiger partial charge in [-0.05, 0) is 54.2 Å². The monoisotopic (exact) mass is 542 g/mol. The van der Waals surface area contributed by atoms with E-state index in [2.05, 4.69) is 5.32 Å². The number of hydrogen-bond donors (Lipinski definition) is 2. The van der Waals surface area contributed by atoms with Crippen molar-refractivity contribution in [3.8, 4) is 0 Å². The number of nitrogens with zero attached hydrogens (tertiary/aromatic N) is 1. The topological polar surface area (TPSA) is 86.7 Å². The van der Waals surface area contributed by atoms with E-state index in [0.717, 1.165) is 24.0 Å². The molecule has 0 spiro atoms. The Balaban J connectivity index is 1.36. The lowest BCUT2D eigenvalue weighted by Gasteiger charge is -2.32. The molecule has 1 atom stereocenters. The minimum absolute atomic E-state index is 0.0345. The molecule has 0 aliphatic carbocycles. The first-order chi connectivity index (χ1) is 17.7. The quantitative estimate of drug-likeness (QED) is 0.408. The Kier molecular flexibility index (Phi) is 8.46. The van der Waals surface area contributed by atoms with Crippen LogP contribution in [0.2, 0.25) is 10.0 Å². The molecule has 6 nitrogen and oxygen atoms in total. The van der Waals surface area contributed by atoms with Gasteiger partial charge in [-0.3, -0.25) is 9.59 Å². The number of hydrogen-bond acceptors (Lipinski definition) is 3. The number of amides is 2. The zero-order chi connectivity index (χ0) is 26.5. The van der Waals surface area contributed by atoms with Crippen LogP contribution in [0.4, 0.5) is 4.39 Å². The molecule has 0 radical (unpaired) electrons. The van der Waals surface area contributed by atoms with Crippen LogP contribution < -0.4 is 5.32 Å². The second-order valence-electron chi connectivity index (χ2n) is 8.95. The fourth-order valence-corrected chi connectivity index (χ4v) is 5.10. The van der Waals surface area contributed by atoms with Crippen molar-refractivity contribution in [1.82, 2.24) is 10.2 Å². The molecule has 4 rings (SSSR count). The number of carbonyl (C=O) groups excluding carboxylic acids is 2. The molecule has 2 amide bonds. The smallest absolute Gasteiger partial charge is 0.326 e. The molecule has 1 aliphatic heterocycles. The molecular weight excluding hydrogens is 518 g/mol. The summed E-state index contributed by atoms with van der Waals surface area (Å²) < 4.78 is 14.0. The van der Waals surface area contributed by atoms with Gasteiger partial charge in [0.05, 0.1) is 21.2 Å². The fourth-order valence-electron chi connectivity index (χ4n) is 4.53. The van der Waals surface area contributed by atoms with Crippen LogP contribution in [-0.2, 0) is 11.2 Å². The number of piperidine rings is 1. The minimum atomic E-state index is -1.17. The molecule has 9 heteroatoms. The highest BCUT2D eigenvalue weighted by molar-refractivity contribution is 6.39. The fraction of sp³-hybridized carbons (Fsp3) is 0.250. The zero-order valence-corrected chi connectivity index (χ0v) is 21.3. The molecule has 1 saturated heterocycles. The van der Waals surface area contributed by atoms with E-state index in [1.165, 1.54) is 24.3 Å². The highest BCUT2D eigenvalue weighted by atomic mass is 35.5. The van der Waals surface area contributed by atoms with Crippen LogP contribution >= 0.6 is 23.2 Å². The molecule has 0 unspecified atom stereocenters. The van der Waals surface area contributed by atoms with Crippen LogP contribution in [-0.4, -0.2) is 46.9 Å². The van der Waals surface area contributed by atoms with E-state index in [9.17, 15) is 23.9 Å². The van der Waals surface area contributed by atoms with Gasteiger partial charge < -0.3 is 15.3 Å². The predicted molar refractivity (Wildman–Crippen MR) is 140 cm³/mol. The van der Waals surface area contributed by atoms with E-state index in [4.69, 9.17) is 23.2 Å². The second kappa shape index (κ2) is 11.8. The van der Waals surface area contributed by atoms with Gasteiger partial charge >= 0.3 is 5.97 Å². The molecule has 1 aliphatic rings. The standard InChI is InChI=1S/C28H25Cl2FN2O4/c29-21-5-3-6-22(30)25(21)26(34)32-24(28(36)37)16-17-8-10-18(11-9-17)19-12-14-33(15-13-19)27(35)20-4-1-2-7-23(20)31/h1-11,19,24H,12-16H2,(H,32,34)(H,36,37)/t24-/m0/s1. The van der Waals surface area contributed by atoms with Gasteiger partial charge in [0.2, 0.25) is 0 Å². The summed E-state index contributed by atoms with van der Waals surface area (Å²) in [5, 5.41) is 12.4. The summed E-state index contributed by atoms with van der Waals surface area (Å²) in [7, 11) is 0. The van der Waals surface area contributed by atoms with Crippen molar-refractivity contribution in [1.29, 1.82) is 0 Å². The Labute approximate surface area is 224 Å². The SMILES string of the molecule is O=C(N[C@@H](Cc1ccc(C2CCN(C(=O)c3ccccc3F)CC2)cc1)C(=O)O)c1c(Cl)cccc1Cl. The van der Waals surface area contributed by atoms with Gasteiger partial charge in [0.15, 0.2) is 0 Å². The maximum atomic E-state index is 14.0. The summed E-state index contributed by atoms with van der Waals surface area (Å²) in [5.41, 5.74) is 1.95. The number of carboxylic acid groups (broad SMARTS) is 1. The van der Waals surface area contributed by atoms with Gasteiger partial charge in [-0.2, -0.15) is 0 Å². The molecule has 192 valence electrons. The van der Waals surface area contributed by atoms with Crippen molar-refractivity contribution < 1.29 is 23.9 Å². The molecule has 0 saturated carbocycles. The molecule has 37 heavy (non-hydrogen) atoms. The number of aliphatic carboxylic acids is 1. The summed E-state index contributed by atoms with van der Waals surface area (Å²) >= 11 is 12.1. The summed E-state index contributed by atoms with van der Waals surface area (Å²) in [6.45, 7) is 1.05. The molecule has 1 fully saturated rings. The van der Waals surface area contributed by atoms with Crippen molar-refractivity contribution in [2.75, 3.05) is 13.1 Å². The third kappa shape index (κ3) is 6.29. The Bertz CT molecular complexity index is 1290. The number of carboxylic acids is 1. The van der Waals surface area contributed by atoms with Crippen molar-refractivity contribution in [2.24, 2.45) is 0 Å². The van der Waals surface area contributed by atoms with E-state index in [0.29, 0.717) is 13.1 Å². The van der Waals surface area contributed by atoms with Crippen molar-refractivity contribution in [2.45, 2.75) is 31.2 Å². The van der Waals surface area contributed by atoms with Crippen LogP contribution in [0.25, 0.3) is 0 Å². The van der Waals surface area contributed by atoms with E-state index >= 15 is 0 Å². The normalized spacial score (nSPS) is 14.7. The summed E-state index contributed by atoms with van der Waals surface area (Å²) in [5.74, 6) is -2.41. The lowest BCUT2D eigenvalue weighted by Crippen LogP contribution is -2.42. The highest BCUT2D eigenvalue weighted by Gasteiger charge is 2.27. The van der Waals surface area contributed by atoms with E-state index in [1.807, 2.05) is 24.3 Å². The first kappa shape index (κ1) is 26.6. The van der Waals surface area contributed by atoms with Gasteiger partial charge in [0, 0.05) is 19.5 Å². The number of benzene rings is 3. The van der Waals surface area contributed by atoms with Crippen LogP contribution in [0.3, 0.4) is 0 Å². The van der Waals surface area contributed by atoms with Crippen molar-refractivity contribution in [3.63, 3.8) is 0 Å². The Morgan fingerprint density at radius 1 is 0.946 bits per heavy atom. The number of likely N-dealkylation sites (tertiary alicyclic amines) is 1. The summed E-state index contributed by atoms with van der Waals surface area (Å²) in [6, 6.07) is 17.0. The number of nitrogens with one attached hydrogen (secondary N) is 1. The average Bonchev–Trinajstić information content (AvgIpc) is 2.88. The largest absolute Gasteiger partial charge is 0.480 e. The molecule has 3 aromatic carbocycles. The number of halogens is 3. The first-order valence-electron chi connectivity index (χ1n) is 11.8. The summed E-state index contributed by atoms with van der Waals surface area (Å²) in [4.78, 5) is 38.8. The third-order valence-corrected chi connectivity index (χ3v) is 7.20. The minimum Gasteiger partial charge on any atom is -0.480 e. The lowest BCUT2D eigenvalue weighted by atomic mass is 9.88. The predicted octanol–water partition coefficient (Wildman–Crippen LogP) is 5.58. The second-order valence-corrected chi connectivity index (χ2v) is 9.77. The molecular formula is C28H25Cl2FN2O4. The van der Waals surface area contributed by atoms with Gasteiger partial charge in [-0.15, -0.1) is 0 Å².